The normalized spacial score (nSPS) is 14.7. The number of piperazine rings is 1. The number of benzene rings is 1. The number of fused-ring (bicyclic) bond motifs is 2. The number of aryl methyl sites for hydroxylation is 1. The van der Waals surface area contributed by atoms with Gasteiger partial charge in [-0.05, 0) is 30.3 Å². The first kappa shape index (κ1) is 17.4. The van der Waals surface area contributed by atoms with E-state index in [0.29, 0.717) is 22.4 Å². The van der Waals surface area contributed by atoms with Gasteiger partial charge in [0.2, 0.25) is 0 Å². The van der Waals surface area contributed by atoms with E-state index < -0.39 is 0 Å². The van der Waals surface area contributed by atoms with Gasteiger partial charge in [-0.2, -0.15) is 0 Å². The molecule has 0 aliphatic carbocycles. The van der Waals surface area contributed by atoms with Gasteiger partial charge in [-0.15, -0.1) is 0 Å². The summed E-state index contributed by atoms with van der Waals surface area (Å²) in [5.41, 5.74) is 2.29. The second kappa shape index (κ2) is 6.73. The maximum absolute atomic E-state index is 12.4. The summed E-state index contributed by atoms with van der Waals surface area (Å²) in [5.74, 6) is 0.713. The largest absolute Gasteiger partial charge is 0.368 e. The summed E-state index contributed by atoms with van der Waals surface area (Å²) in [7, 11) is 1.70. The van der Waals surface area contributed by atoms with Gasteiger partial charge in [-0.3, -0.25) is 14.0 Å². The first-order valence-electron chi connectivity index (χ1n) is 9.54. The van der Waals surface area contributed by atoms with Gasteiger partial charge in [-0.1, -0.05) is 6.07 Å². The fraction of sp³-hybridized carbons (Fsp3) is 0.238. The number of hydrogen-bond donors (Lipinski definition) is 0. The molecule has 4 heterocycles. The molecular formula is C21H20N6O2. The second-order valence-corrected chi connectivity index (χ2v) is 7.22. The molecule has 1 saturated heterocycles. The molecule has 0 unspecified atom stereocenters. The highest BCUT2D eigenvalue weighted by atomic mass is 16.1. The van der Waals surface area contributed by atoms with Crippen LogP contribution < -0.4 is 20.9 Å². The van der Waals surface area contributed by atoms with Crippen LogP contribution in [0, 0.1) is 0 Å². The number of nitrogens with zero attached hydrogens (tertiary/aromatic N) is 6. The summed E-state index contributed by atoms with van der Waals surface area (Å²) < 4.78 is 3.03. The van der Waals surface area contributed by atoms with Gasteiger partial charge in [0, 0.05) is 51.2 Å². The lowest BCUT2D eigenvalue weighted by Gasteiger charge is -2.36. The van der Waals surface area contributed by atoms with Gasteiger partial charge >= 0.3 is 0 Å². The van der Waals surface area contributed by atoms with Crippen LogP contribution in [0.4, 0.5) is 11.5 Å². The molecule has 1 aliphatic rings. The molecule has 8 nitrogen and oxygen atoms in total. The molecular weight excluding hydrogens is 368 g/mol. The Morgan fingerprint density at radius 3 is 2.55 bits per heavy atom. The smallest absolute Gasteiger partial charge is 0.260 e. The van der Waals surface area contributed by atoms with Gasteiger partial charge < -0.3 is 14.4 Å². The maximum atomic E-state index is 12.4. The molecule has 0 radical (unpaired) electrons. The minimum atomic E-state index is -0.0739. The van der Waals surface area contributed by atoms with E-state index in [-0.39, 0.29) is 11.1 Å². The van der Waals surface area contributed by atoms with Gasteiger partial charge in [0.1, 0.15) is 11.5 Å². The molecule has 0 atom stereocenters. The first-order valence-corrected chi connectivity index (χ1v) is 9.54. The van der Waals surface area contributed by atoms with Crippen molar-refractivity contribution in [3.8, 4) is 0 Å². The average molecular weight is 388 g/mol. The summed E-state index contributed by atoms with van der Waals surface area (Å²) in [6.07, 6.45) is 3.28. The quantitative estimate of drug-likeness (QED) is 0.515. The van der Waals surface area contributed by atoms with Gasteiger partial charge in [-0.25, -0.2) is 9.97 Å². The molecule has 3 aromatic heterocycles. The van der Waals surface area contributed by atoms with E-state index in [4.69, 9.17) is 0 Å². The maximum Gasteiger partial charge on any atom is 0.260 e. The van der Waals surface area contributed by atoms with Crippen molar-refractivity contribution in [1.29, 1.82) is 0 Å². The van der Waals surface area contributed by atoms with Gasteiger partial charge in [0.15, 0.2) is 0 Å². The first-order chi connectivity index (χ1) is 14.1. The standard InChI is InChI=1S/C21H20N6O2/c1-24-14-22-17-12-15(5-6-16(17)21(24)29)25-8-10-26(11-9-25)19-13-20(28)27-7-3-2-4-18(27)23-19/h2-7,12-14H,8-11H2,1H3. The van der Waals surface area contributed by atoms with E-state index in [9.17, 15) is 9.59 Å². The number of pyridine rings is 1. The molecule has 8 heteroatoms. The summed E-state index contributed by atoms with van der Waals surface area (Å²) in [6.45, 7) is 3.12. The third-order valence-corrected chi connectivity index (χ3v) is 5.43. The fourth-order valence-electron chi connectivity index (χ4n) is 3.79. The van der Waals surface area contributed by atoms with Gasteiger partial charge in [0.05, 0.1) is 17.2 Å². The molecule has 29 heavy (non-hydrogen) atoms. The van der Waals surface area contributed by atoms with Crippen LogP contribution in [-0.2, 0) is 7.05 Å². The van der Waals surface area contributed by atoms with Crippen molar-refractivity contribution in [3.63, 3.8) is 0 Å². The highest BCUT2D eigenvalue weighted by Gasteiger charge is 2.20. The highest BCUT2D eigenvalue weighted by molar-refractivity contribution is 5.81. The average Bonchev–Trinajstić information content (AvgIpc) is 2.76. The zero-order valence-electron chi connectivity index (χ0n) is 16.0. The predicted octanol–water partition coefficient (Wildman–Crippen LogP) is 1.27. The summed E-state index contributed by atoms with van der Waals surface area (Å²) in [5, 5.41) is 0.623. The minimum Gasteiger partial charge on any atom is -0.368 e. The van der Waals surface area contributed by atoms with Crippen LogP contribution in [0.25, 0.3) is 16.6 Å². The Hall–Kier alpha value is -3.68. The zero-order chi connectivity index (χ0) is 20.0. The number of anilines is 2. The summed E-state index contributed by atoms with van der Waals surface area (Å²) >= 11 is 0. The summed E-state index contributed by atoms with van der Waals surface area (Å²) in [6, 6.07) is 12.9. The highest BCUT2D eigenvalue weighted by Crippen LogP contribution is 2.22. The Labute approximate surface area is 166 Å². The van der Waals surface area contributed by atoms with Gasteiger partial charge in [0.25, 0.3) is 11.1 Å². The van der Waals surface area contributed by atoms with Crippen molar-refractivity contribution < 1.29 is 0 Å². The number of aromatic nitrogens is 4. The van der Waals surface area contributed by atoms with Crippen molar-refractivity contribution in [1.82, 2.24) is 18.9 Å². The molecule has 0 bridgehead atoms. The third-order valence-electron chi connectivity index (χ3n) is 5.43. The zero-order valence-corrected chi connectivity index (χ0v) is 16.0. The van der Waals surface area contributed by atoms with E-state index >= 15 is 0 Å². The van der Waals surface area contributed by atoms with E-state index in [0.717, 1.165) is 31.9 Å². The van der Waals surface area contributed by atoms with E-state index in [1.54, 1.807) is 30.0 Å². The van der Waals surface area contributed by atoms with E-state index in [1.807, 2.05) is 36.4 Å². The Morgan fingerprint density at radius 1 is 0.931 bits per heavy atom. The van der Waals surface area contributed by atoms with Crippen molar-refractivity contribution in [2.45, 2.75) is 0 Å². The number of rotatable bonds is 2. The van der Waals surface area contributed by atoms with Crippen molar-refractivity contribution >= 4 is 28.1 Å². The van der Waals surface area contributed by atoms with Crippen LogP contribution in [-0.4, -0.2) is 45.1 Å². The van der Waals surface area contributed by atoms with E-state index in [1.165, 1.54) is 4.57 Å². The minimum absolute atomic E-state index is 0.0416. The molecule has 1 aromatic carbocycles. The molecule has 146 valence electrons. The van der Waals surface area contributed by atoms with E-state index in [2.05, 4.69) is 19.8 Å². The lowest BCUT2D eigenvalue weighted by Crippen LogP contribution is -2.47. The van der Waals surface area contributed by atoms with Crippen LogP contribution in [0.1, 0.15) is 0 Å². The fourth-order valence-corrected chi connectivity index (χ4v) is 3.79. The second-order valence-electron chi connectivity index (χ2n) is 7.22. The monoisotopic (exact) mass is 388 g/mol. The molecule has 1 aliphatic heterocycles. The van der Waals surface area contributed by atoms with Crippen LogP contribution in [0.5, 0.6) is 0 Å². The van der Waals surface area contributed by atoms with Crippen LogP contribution in [0.15, 0.2) is 64.6 Å². The molecule has 0 saturated carbocycles. The Bertz CT molecular complexity index is 1330. The molecule has 5 rings (SSSR count). The van der Waals surface area contributed by atoms with Crippen molar-refractivity contribution in [2.24, 2.45) is 7.05 Å². The van der Waals surface area contributed by atoms with Crippen molar-refractivity contribution in [3.05, 3.63) is 75.7 Å². The van der Waals surface area contributed by atoms with Crippen LogP contribution in [0.3, 0.4) is 0 Å². The van der Waals surface area contributed by atoms with Crippen molar-refractivity contribution in [2.75, 3.05) is 36.0 Å². The lowest BCUT2D eigenvalue weighted by atomic mass is 10.2. The SMILES string of the molecule is Cn1cnc2cc(N3CCN(c4cc(=O)n5ccccc5n4)CC3)ccc2c1=O. The molecule has 4 aromatic rings. The predicted molar refractivity (Wildman–Crippen MR) is 113 cm³/mol. The summed E-state index contributed by atoms with van der Waals surface area (Å²) in [4.78, 5) is 38.0. The molecule has 0 amide bonds. The lowest BCUT2D eigenvalue weighted by molar-refractivity contribution is 0.647. The van der Waals surface area contributed by atoms with Crippen LogP contribution >= 0.6 is 0 Å². The Balaban J connectivity index is 1.38. The molecule has 0 spiro atoms. The topological polar surface area (TPSA) is 75.7 Å². The molecule has 1 fully saturated rings. The van der Waals surface area contributed by atoms with Crippen LogP contribution in [0.2, 0.25) is 0 Å². The Kier molecular flexibility index (Phi) is 4.04. The molecule has 0 N–H and O–H groups in total. The number of hydrogen-bond acceptors (Lipinski definition) is 6. The third kappa shape index (κ3) is 3.02. The Morgan fingerprint density at radius 2 is 1.72 bits per heavy atom.